The number of carbonyl (C=O) groups excluding carboxylic acids is 1. The molecule has 1 aromatic rings. The second-order valence-electron chi connectivity index (χ2n) is 4.26. The number of hydrogen-bond donors (Lipinski definition) is 0. The van der Waals surface area contributed by atoms with Gasteiger partial charge >= 0.3 is 0 Å². The zero-order valence-corrected chi connectivity index (χ0v) is 10.5. The van der Waals surface area contributed by atoms with Crippen molar-refractivity contribution >= 4 is 17.2 Å². The number of thiophene rings is 1. The van der Waals surface area contributed by atoms with Crippen LogP contribution in [0.15, 0.2) is 17.5 Å². The van der Waals surface area contributed by atoms with Crippen molar-refractivity contribution in [3.8, 4) is 0 Å². The Hall–Kier alpha value is -0.870. The summed E-state index contributed by atoms with van der Waals surface area (Å²) in [6, 6.07) is 4.14. The number of carbonyl (C=O) groups is 1. The maximum atomic E-state index is 11.9. The highest BCUT2D eigenvalue weighted by molar-refractivity contribution is 7.09. The van der Waals surface area contributed by atoms with Crippen LogP contribution < -0.4 is 0 Å². The molecule has 2 heterocycles. The van der Waals surface area contributed by atoms with E-state index in [1.165, 1.54) is 4.88 Å². The molecular formula is C12H18N2OS. The first-order valence-electron chi connectivity index (χ1n) is 5.74. The molecule has 1 saturated heterocycles. The fourth-order valence-electron chi connectivity index (χ4n) is 1.90. The number of rotatable bonds is 3. The van der Waals surface area contributed by atoms with Gasteiger partial charge in [-0.15, -0.1) is 11.3 Å². The van der Waals surface area contributed by atoms with Crippen molar-refractivity contribution in [3.05, 3.63) is 22.4 Å². The summed E-state index contributed by atoms with van der Waals surface area (Å²) in [5.74, 6) is 0.307. The summed E-state index contributed by atoms with van der Waals surface area (Å²) in [4.78, 5) is 17.5. The molecule has 1 amide bonds. The van der Waals surface area contributed by atoms with Gasteiger partial charge in [0.25, 0.3) is 0 Å². The van der Waals surface area contributed by atoms with Crippen molar-refractivity contribution in [1.29, 1.82) is 0 Å². The molecule has 0 unspecified atom stereocenters. The molecule has 0 radical (unpaired) electrons. The third-order valence-corrected chi connectivity index (χ3v) is 3.96. The van der Waals surface area contributed by atoms with E-state index in [0.717, 1.165) is 32.6 Å². The van der Waals surface area contributed by atoms with Gasteiger partial charge in [0.05, 0.1) is 0 Å². The van der Waals surface area contributed by atoms with Gasteiger partial charge in [0, 0.05) is 37.5 Å². The van der Waals surface area contributed by atoms with Crippen LogP contribution in [0.1, 0.15) is 11.3 Å². The summed E-state index contributed by atoms with van der Waals surface area (Å²) < 4.78 is 0. The van der Waals surface area contributed by atoms with Crippen LogP contribution in [-0.2, 0) is 11.2 Å². The summed E-state index contributed by atoms with van der Waals surface area (Å²) in [7, 11) is 2.10. The highest BCUT2D eigenvalue weighted by atomic mass is 32.1. The lowest BCUT2D eigenvalue weighted by molar-refractivity contribution is -0.132. The second kappa shape index (κ2) is 5.46. The second-order valence-corrected chi connectivity index (χ2v) is 5.30. The highest BCUT2D eigenvalue weighted by Gasteiger charge is 2.18. The van der Waals surface area contributed by atoms with Crippen LogP contribution in [0.3, 0.4) is 0 Å². The van der Waals surface area contributed by atoms with E-state index < -0.39 is 0 Å². The number of nitrogens with zero attached hydrogens (tertiary/aromatic N) is 2. The zero-order chi connectivity index (χ0) is 11.4. The summed E-state index contributed by atoms with van der Waals surface area (Å²) in [5, 5.41) is 2.07. The van der Waals surface area contributed by atoms with E-state index in [1.54, 1.807) is 11.3 Å². The Bertz CT molecular complexity index is 329. The quantitative estimate of drug-likeness (QED) is 0.796. The third kappa shape index (κ3) is 3.06. The first-order valence-corrected chi connectivity index (χ1v) is 6.62. The molecule has 0 spiro atoms. The van der Waals surface area contributed by atoms with Gasteiger partial charge in [-0.25, -0.2) is 0 Å². The molecule has 0 saturated carbocycles. The SMILES string of the molecule is CN1CCN(C(=O)CCc2cccs2)CC1. The molecule has 0 bridgehead atoms. The van der Waals surface area contributed by atoms with E-state index in [0.29, 0.717) is 12.3 Å². The highest BCUT2D eigenvalue weighted by Crippen LogP contribution is 2.12. The standard InChI is InChI=1S/C12H18N2OS/c1-13-6-8-14(9-7-13)12(15)5-4-11-3-2-10-16-11/h2-3,10H,4-9H2,1H3. The van der Waals surface area contributed by atoms with Crippen LogP contribution in [0.4, 0.5) is 0 Å². The van der Waals surface area contributed by atoms with Crippen molar-refractivity contribution in [2.75, 3.05) is 33.2 Å². The van der Waals surface area contributed by atoms with Crippen LogP contribution in [0, 0.1) is 0 Å². The molecular weight excluding hydrogens is 220 g/mol. The van der Waals surface area contributed by atoms with Gasteiger partial charge < -0.3 is 9.80 Å². The van der Waals surface area contributed by atoms with Crippen molar-refractivity contribution in [2.24, 2.45) is 0 Å². The molecule has 3 nitrogen and oxygen atoms in total. The fourth-order valence-corrected chi connectivity index (χ4v) is 2.61. The van der Waals surface area contributed by atoms with Gasteiger partial charge in [0.1, 0.15) is 0 Å². The molecule has 1 aromatic heterocycles. The third-order valence-electron chi connectivity index (χ3n) is 3.02. The lowest BCUT2D eigenvalue weighted by Crippen LogP contribution is -2.47. The van der Waals surface area contributed by atoms with Gasteiger partial charge in [-0.3, -0.25) is 4.79 Å². The molecule has 1 aliphatic rings. The van der Waals surface area contributed by atoms with Crippen LogP contribution in [0.25, 0.3) is 0 Å². The van der Waals surface area contributed by atoms with E-state index >= 15 is 0 Å². The Balaban J connectivity index is 1.75. The number of piperazine rings is 1. The van der Waals surface area contributed by atoms with E-state index in [2.05, 4.69) is 23.4 Å². The molecule has 2 rings (SSSR count). The molecule has 0 atom stereocenters. The first kappa shape index (κ1) is 11.6. The van der Waals surface area contributed by atoms with Crippen LogP contribution >= 0.6 is 11.3 Å². The fraction of sp³-hybridized carbons (Fsp3) is 0.583. The average molecular weight is 238 g/mol. The lowest BCUT2D eigenvalue weighted by atomic mass is 10.2. The van der Waals surface area contributed by atoms with Crippen molar-refractivity contribution in [2.45, 2.75) is 12.8 Å². The summed E-state index contributed by atoms with van der Waals surface area (Å²) in [5.41, 5.74) is 0. The Kier molecular flexibility index (Phi) is 3.96. The normalized spacial score (nSPS) is 17.7. The van der Waals surface area contributed by atoms with Gasteiger partial charge in [-0.1, -0.05) is 6.07 Å². The summed E-state index contributed by atoms with van der Waals surface area (Å²) >= 11 is 1.73. The molecule has 16 heavy (non-hydrogen) atoms. The Morgan fingerprint density at radius 2 is 2.12 bits per heavy atom. The predicted octanol–water partition coefficient (Wildman–Crippen LogP) is 1.45. The Labute approximate surface area is 101 Å². The lowest BCUT2D eigenvalue weighted by Gasteiger charge is -2.32. The minimum atomic E-state index is 0.307. The van der Waals surface area contributed by atoms with E-state index in [9.17, 15) is 4.79 Å². The molecule has 0 aliphatic carbocycles. The minimum Gasteiger partial charge on any atom is -0.340 e. The average Bonchev–Trinajstić information content (AvgIpc) is 2.80. The van der Waals surface area contributed by atoms with Crippen molar-refractivity contribution in [1.82, 2.24) is 9.80 Å². The summed E-state index contributed by atoms with van der Waals surface area (Å²) in [6.45, 7) is 3.79. The van der Waals surface area contributed by atoms with E-state index in [1.807, 2.05) is 11.0 Å². The smallest absolute Gasteiger partial charge is 0.223 e. The molecule has 1 fully saturated rings. The van der Waals surface area contributed by atoms with Gasteiger partial charge in [0.15, 0.2) is 0 Å². The van der Waals surface area contributed by atoms with Crippen molar-refractivity contribution in [3.63, 3.8) is 0 Å². The van der Waals surface area contributed by atoms with E-state index in [4.69, 9.17) is 0 Å². The molecule has 4 heteroatoms. The Morgan fingerprint density at radius 3 is 2.75 bits per heavy atom. The predicted molar refractivity (Wildman–Crippen MR) is 66.7 cm³/mol. The zero-order valence-electron chi connectivity index (χ0n) is 9.69. The van der Waals surface area contributed by atoms with Crippen LogP contribution in [0.5, 0.6) is 0 Å². The maximum absolute atomic E-state index is 11.9. The number of hydrogen-bond acceptors (Lipinski definition) is 3. The van der Waals surface area contributed by atoms with Crippen molar-refractivity contribution < 1.29 is 4.79 Å². The van der Waals surface area contributed by atoms with Gasteiger partial charge in [0.2, 0.25) is 5.91 Å². The molecule has 88 valence electrons. The largest absolute Gasteiger partial charge is 0.340 e. The maximum Gasteiger partial charge on any atom is 0.223 e. The minimum absolute atomic E-state index is 0.307. The summed E-state index contributed by atoms with van der Waals surface area (Å²) in [6.07, 6.45) is 1.55. The van der Waals surface area contributed by atoms with Gasteiger partial charge in [-0.2, -0.15) is 0 Å². The molecule has 1 aliphatic heterocycles. The Morgan fingerprint density at radius 1 is 1.38 bits per heavy atom. The topological polar surface area (TPSA) is 23.6 Å². The van der Waals surface area contributed by atoms with Crippen LogP contribution in [0.2, 0.25) is 0 Å². The number of amides is 1. The van der Waals surface area contributed by atoms with Gasteiger partial charge in [-0.05, 0) is 24.9 Å². The van der Waals surface area contributed by atoms with Crippen LogP contribution in [-0.4, -0.2) is 48.9 Å². The monoisotopic (exact) mass is 238 g/mol. The molecule has 0 N–H and O–H groups in total. The van der Waals surface area contributed by atoms with E-state index in [-0.39, 0.29) is 0 Å². The number of likely N-dealkylation sites (N-methyl/N-ethyl adjacent to an activating group) is 1. The first-order chi connectivity index (χ1) is 7.75. The number of aryl methyl sites for hydroxylation is 1. The molecule has 0 aromatic carbocycles.